The number of aromatic nitrogens is 2. The Morgan fingerprint density at radius 1 is 1.42 bits per heavy atom. The zero-order chi connectivity index (χ0) is 13.5. The van der Waals surface area contributed by atoms with Crippen molar-refractivity contribution in [1.82, 2.24) is 9.78 Å². The van der Waals surface area contributed by atoms with Crippen molar-refractivity contribution in [2.45, 2.75) is 25.5 Å². The minimum absolute atomic E-state index is 0.426. The molecular formula is C14H15N3O2. The van der Waals surface area contributed by atoms with Gasteiger partial charge >= 0.3 is 0 Å². The number of rotatable bonds is 3. The standard InChI is InChI=1S/C14H15N3O2/c1-2-7-17-9-10(8-15-17)14(19)11-5-3-4-6-12(11)16-13(14)18/h3-6,8-9,19H,2,7H2,1H3,(H,16,18). The molecule has 2 aromatic rings. The number of fused-ring (bicyclic) bond motifs is 1. The van der Waals surface area contributed by atoms with E-state index < -0.39 is 11.5 Å². The Balaban J connectivity index is 2.09. The van der Waals surface area contributed by atoms with Crippen molar-refractivity contribution in [3.8, 4) is 0 Å². The van der Waals surface area contributed by atoms with Gasteiger partial charge < -0.3 is 10.4 Å². The molecule has 5 heteroatoms. The maximum Gasteiger partial charge on any atom is 0.265 e. The fourth-order valence-corrected chi connectivity index (χ4v) is 2.43. The Kier molecular flexibility index (Phi) is 2.64. The van der Waals surface area contributed by atoms with Crippen molar-refractivity contribution < 1.29 is 9.90 Å². The van der Waals surface area contributed by atoms with E-state index in [1.54, 1.807) is 35.3 Å². The first-order valence-electron chi connectivity index (χ1n) is 6.32. The molecule has 1 amide bonds. The number of anilines is 1. The molecule has 2 N–H and O–H groups in total. The number of carbonyl (C=O) groups excluding carboxylic acids is 1. The van der Waals surface area contributed by atoms with Gasteiger partial charge in [0.2, 0.25) is 0 Å². The molecule has 0 bridgehead atoms. The maximum atomic E-state index is 12.1. The predicted molar refractivity (Wildman–Crippen MR) is 70.6 cm³/mol. The average Bonchev–Trinajstić information content (AvgIpc) is 2.96. The molecule has 98 valence electrons. The van der Waals surface area contributed by atoms with Gasteiger partial charge in [0.25, 0.3) is 5.91 Å². The van der Waals surface area contributed by atoms with Crippen molar-refractivity contribution >= 4 is 11.6 Å². The van der Waals surface area contributed by atoms with E-state index >= 15 is 0 Å². The summed E-state index contributed by atoms with van der Waals surface area (Å²) in [5, 5.41) is 17.7. The highest BCUT2D eigenvalue weighted by Crippen LogP contribution is 2.40. The summed E-state index contributed by atoms with van der Waals surface area (Å²) in [6, 6.07) is 7.16. The normalized spacial score (nSPS) is 21.3. The average molecular weight is 257 g/mol. The lowest BCUT2D eigenvalue weighted by atomic mass is 9.90. The van der Waals surface area contributed by atoms with Crippen LogP contribution in [0.1, 0.15) is 24.5 Å². The van der Waals surface area contributed by atoms with E-state index in [0.717, 1.165) is 13.0 Å². The van der Waals surface area contributed by atoms with E-state index in [1.807, 2.05) is 13.0 Å². The number of aryl methyl sites for hydroxylation is 1. The summed E-state index contributed by atoms with van der Waals surface area (Å²) in [5.41, 5.74) is 0.0976. The highest BCUT2D eigenvalue weighted by Gasteiger charge is 2.47. The molecule has 0 spiro atoms. The SMILES string of the molecule is CCCn1cc(C2(O)C(=O)Nc3ccccc32)cn1. The van der Waals surface area contributed by atoms with Crippen molar-refractivity contribution in [2.24, 2.45) is 0 Å². The number of carbonyl (C=O) groups is 1. The second-order valence-corrected chi connectivity index (χ2v) is 4.70. The lowest BCUT2D eigenvalue weighted by Crippen LogP contribution is -2.35. The Morgan fingerprint density at radius 2 is 2.21 bits per heavy atom. The van der Waals surface area contributed by atoms with Crippen LogP contribution in [0.15, 0.2) is 36.7 Å². The lowest BCUT2D eigenvalue weighted by molar-refractivity contribution is -0.129. The number of para-hydroxylation sites is 1. The van der Waals surface area contributed by atoms with Gasteiger partial charge in [-0.1, -0.05) is 25.1 Å². The van der Waals surface area contributed by atoms with E-state index in [4.69, 9.17) is 0 Å². The zero-order valence-electron chi connectivity index (χ0n) is 10.6. The summed E-state index contributed by atoms with van der Waals surface area (Å²) in [6.45, 7) is 2.81. The number of benzene rings is 1. The second-order valence-electron chi connectivity index (χ2n) is 4.70. The Bertz CT molecular complexity index is 635. The predicted octanol–water partition coefficient (Wildman–Crippen LogP) is 1.48. The van der Waals surface area contributed by atoms with Crippen LogP contribution in [0.4, 0.5) is 5.69 Å². The number of nitrogens with one attached hydrogen (secondary N) is 1. The Morgan fingerprint density at radius 3 is 3.00 bits per heavy atom. The molecule has 1 aromatic carbocycles. The highest BCUT2D eigenvalue weighted by atomic mass is 16.3. The van der Waals surface area contributed by atoms with Gasteiger partial charge in [-0.3, -0.25) is 9.48 Å². The minimum atomic E-state index is -1.64. The van der Waals surface area contributed by atoms with Crippen LogP contribution in [0.25, 0.3) is 0 Å². The first-order valence-corrected chi connectivity index (χ1v) is 6.32. The van der Waals surface area contributed by atoms with Crippen LogP contribution < -0.4 is 5.32 Å². The minimum Gasteiger partial charge on any atom is -0.372 e. The smallest absolute Gasteiger partial charge is 0.265 e. The molecular weight excluding hydrogens is 242 g/mol. The second kappa shape index (κ2) is 4.20. The van der Waals surface area contributed by atoms with Crippen molar-refractivity contribution in [3.05, 3.63) is 47.8 Å². The Hall–Kier alpha value is -2.14. The molecule has 1 aromatic heterocycles. The van der Waals surface area contributed by atoms with Gasteiger partial charge in [-0.05, 0) is 12.5 Å². The summed E-state index contributed by atoms with van der Waals surface area (Å²) >= 11 is 0. The molecule has 3 rings (SSSR count). The van der Waals surface area contributed by atoms with Crippen molar-refractivity contribution in [1.29, 1.82) is 0 Å². The summed E-state index contributed by atoms with van der Waals surface area (Å²) in [6.07, 6.45) is 4.23. The summed E-state index contributed by atoms with van der Waals surface area (Å²) in [7, 11) is 0. The number of hydrogen-bond donors (Lipinski definition) is 2. The van der Waals surface area contributed by atoms with Crippen LogP contribution in [0, 0.1) is 0 Å². The number of aliphatic hydroxyl groups is 1. The quantitative estimate of drug-likeness (QED) is 0.875. The zero-order valence-corrected chi connectivity index (χ0v) is 10.6. The molecule has 5 nitrogen and oxygen atoms in total. The fourth-order valence-electron chi connectivity index (χ4n) is 2.43. The molecule has 0 fully saturated rings. The molecule has 1 aliphatic rings. The number of nitrogens with zero attached hydrogens (tertiary/aromatic N) is 2. The largest absolute Gasteiger partial charge is 0.372 e. The van der Waals surface area contributed by atoms with E-state index in [9.17, 15) is 9.90 Å². The summed E-state index contributed by atoms with van der Waals surface area (Å²) in [5.74, 6) is -0.426. The number of hydrogen-bond acceptors (Lipinski definition) is 3. The van der Waals surface area contributed by atoms with Crippen LogP contribution in [-0.2, 0) is 16.9 Å². The molecule has 1 atom stereocenters. The first-order chi connectivity index (χ1) is 9.16. The van der Waals surface area contributed by atoms with E-state index in [0.29, 0.717) is 16.8 Å². The topological polar surface area (TPSA) is 67.2 Å². The van der Waals surface area contributed by atoms with E-state index in [2.05, 4.69) is 10.4 Å². The van der Waals surface area contributed by atoms with Crippen LogP contribution >= 0.6 is 0 Å². The third-order valence-electron chi connectivity index (χ3n) is 3.40. The van der Waals surface area contributed by atoms with E-state index in [-0.39, 0.29) is 0 Å². The first kappa shape index (κ1) is 11.9. The molecule has 1 aliphatic heterocycles. The molecule has 2 heterocycles. The third kappa shape index (κ3) is 1.66. The summed E-state index contributed by atoms with van der Waals surface area (Å²) in [4.78, 5) is 12.1. The van der Waals surface area contributed by atoms with Crippen molar-refractivity contribution in [2.75, 3.05) is 5.32 Å². The molecule has 19 heavy (non-hydrogen) atoms. The lowest BCUT2D eigenvalue weighted by Gasteiger charge is -2.18. The monoisotopic (exact) mass is 257 g/mol. The van der Waals surface area contributed by atoms with Gasteiger partial charge in [-0.2, -0.15) is 5.10 Å². The molecule has 0 saturated carbocycles. The van der Waals surface area contributed by atoms with Crippen LogP contribution in [0.2, 0.25) is 0 Å². The van der Waals surface area contributed by atoms with Crippen LogP contribution in [0.3, 0.4) is 0 Å². The van der Waals surface area contributed by atoms with Crippen molar-refractivity contribution in [3.63, 3.8) is 0 Å². The third-order valence-corrected chi connectivity index (χ3v) is 3.40. The Labute approximate surface area is 110 Å². The number of amides is 1. The molecule has 1 unspecified atom stereocenters. The summed E-state index contributed by atoms with van der Waals surface area (Å²) < 4.78 is 1.74. The maximum absolute atomic E-state index is 12.1. The van der Waals surface area contributed by atoms with Gasteiger partial charge in [0.15, 0.2) is 5.60 Å². The van der Waals surface area contributed by atoms with Crippen LogP contribution in [-0.4, -0.2) is 20.8 Å². The highest BCUT2D eigenvalue weighted by molar-refractivity contribution is 6.07. The molecule has 0 aliphatic carbocycles. The molecule has 0 radical (unpaired) electrons. The van der Waals surface area contributed by atoms with Gasteiger partial charge in [-0.15, -0.1) is 0 Å². The van der Waals surface area contributed by atoms with Crippen LogP contribution in [0.5, 0.6) is 0 Å². The fraction of sp³-hybridized carbons (Fsp3) is 0.286. The molecule has 0 saturated heterocycles. The van der Waals surface area contributed by atoms with Gasteiger partial charge in [0.1, 0.15) is 0 Å². The van der Waals surface area contributed by atoms with E-state index in [1.165, 1.54) is 0 Å². The van der Waals surface area contributed by atoms with Gasteiger partial charge in [-0.25, -0.2) is 0 Å². The van der Waals surface area contributed by atoms with Gasteiger partial charge in [0, 0.05) is 29.6 Å². The van der Waals surface area contributed by atoms with Gasteiger partial charge in [0.05, 0.1) is 6.20 Å².